The Morgan fingerprint density at radius 1 is 1.14 bits per heavy atom. The van der Waals surface area contributed by atoms with Crippen LogP contribution < -0.4 is 10.5 Å². The van der Waals surface area contributed by atoms with E-state index in [9.17, 15) is 9.90 Å². The number of aromatic nitrogens is 2. The number of benzene rings is 2. The summed E-state index contributed by atoms with van der Waals surface area (Å²) in [6.07, 6.45) is 4.60. The number of anilines is 1. The minimum Gasteiger partial charge on any atom is -0.402 e. The van der Waals surface area contributed by atoms with Gasteiger partial charge in [0.05, 0.1) is 16.0 Å². The quantitative estimate of drug-likeness (QED) is 0.286. The predicted octanol–water partition coefficient (Wildman–Crippen LogP) is 4.38. The van der Waals surface area contributed by atoms with Crippen molar-refractivity contribution in [2.75, 3.05) is 17.8 Å². The van der Waals surface area contributed by atoms with Gasteiger partial charge in [-0.15, -0.1) is 0 Å². The zero-order chi connectivity index (χ0) is 25.0. The number of hydrogen-bond donors (Lipinski definition) is 4. The zero-order valence-corrected chi connectivity index (χ0v) is 20.7. The number of piperidine rings is 1. The number of nitrogens with two attached hydrogens (primary N) is 1. The largest absolute Gasteiger partial charge is 0.402 e. The normalized spacial score (nSPS) is 16.0. The summed E-state index contributed by atoms with van der Waals surface area (Å²) >= 11 is 1.45. The highest BCUT2D eigenvalue weighted by atomic mass is 32.2. The molecule has 1 aromatic heterocycles. The molecule has 1 aliphatic heterocycles. The number of carbonyl (C=O) groups is 1. The standard InChI is InChI=1S/C26H30N6O2S/c1-17(27)21(18(2)28)16-26(34)10-14-32(15-11-26)25(33)19-6-8-20(9-7-19)31-35-23-5-3-4-22-24(23)30-13-12-29-22/h3-9,12-13,27,31,34H,10-11,14-16,28H2,1-2H3. The highest BCUT2D eigenvalue weighted by molar-refractivity contribution is 8.00. The fourth-order valence-corrected chi connectivity index (χ4v) is 4.99. The number of amides is 1. The van der Waals surface area contributed by atoms with Crippen LogP contribution in [0, 0.1) is 5.41 Å². The maximum atomic E-state index is 13.0. The number of hydrogen-bond acceptors (Lipinski definition) is 8. The Kier molecular flexibility index (Phi) is 7.37. The van der Waals surface area contributed by atoms with Crippen molar-refractivity contribution in [3.05, 3.63) is 71.7 Å². The number of carbonyl (C=O) groups excluding carboxylic acids is 1. The highest BCUT2D eigenvalue weighted by Crippen LogP contribution is 2.31. The molecule has 9 heteroatoms. The van der Waals surface area contributed by atoms with Crippen LogP contribution in [0.15, 0.2) is 71.0 Å². The van der Waals surface area contributed by atoms with Gasteiger partial charge in [-0.3, -0.25) is 14.8 Å². The van der Waals surface area contributed by atoms with E-state index in [-0.39, 0.29) is 5.91 Å². The number of allylic oxidation sites excluding steroid dienone is 1. The first kappa shape index (κ1) is 24.7. The van der Waals surface area contributed by atoms with E-state index in [1.807, 2.05) is 42.5 Å². The molecule has 1 aliphatic rings. The first-order valence-corrected chi connectivity index (χ1v) is 12.3. The molecule has 8 nitrogen and oxygen atoms in total. The molecular weight excluding hydrogens is 460 g/mol. The lowest BCUT2D eigenvalue weighted by atomic mass is 9.83. The Morgan fingerprint density at radius 2 is 1.83 bits per heavy atom. The van der Waals surface area contributed by atoms with Gasteiger partial charge in [0.25, 0.3) is 5.91 Å². The zero-order valence-electron chi connectivity index (χ0n) is 19.9. The lowest BCUT2D eigenvalue weighted by molar-refractivity contribution is -0.0154. The van der Waals surface area contributed by atoms with E-state index in [0.29, 0.717) is 54.9 Å². The predicted molar refractivity (Wildman–Crippen MR) is 140 cm³/mol. The van der Waals surface area contributed by atoms with E-state index >= 15 is 0 Å². The molecule has 1 amide bonds. The summed E-state index contributed by atoms with van der Waals surface area (Å²) in [5.74, 6) is -0.0513. The molecule has 35 heavy (non-hydrogen) atoms. The van der Waals surface area contributed by atoms with Crippen molar-refractivity contribution in [2.24, 2.45) is 5.73 Å². The van der Waals surface area contributed by atoms with E-state index in [0.717, 1.165) is 21.6 Å². The third-order valence-electron chi connectivity index (χ3n) is 6.29. The van der Waals surface area contributed by atoms with Gasteiger partial charge in [-0.25, -0.2) is 0 Å². The number of fused-ring (bicyclic) bond motifs is 1. The molecule has 0 aliphatic carbocycles. The van der Waals surface area contributed by atoms with Crippen LogP contribution in [-0.4, -0.2) is 50.3 Å². The van der Waals surface area contributed by atoms with Crippen molar-refractivity contribution in [3.8, 4) is 0 Å². The van der Waals surface area contributed by atoms with Crippen molar-refractivity contribution < 1.29 is 9.90 Å². The van der Waals surface area contributed by atoms with Gasteiger partial charge in [0.15, 0.2) is 0 Å². The summed E-state index contributed by atoms with van der Waals surface area (Å²) in [5, 5.41) is 18.9. The second kappa shape index (κ2) is 10.5. The molecule has 0 unspecified atom stereocenters. The monoisotopic (exact) mass is 490 g/mol. The smallest absolute Gasteiger partial charge is 0.253 e. The minimum absolute atomic E-state index is 0.0513. The lowest BCUT2D eigenvalue weighted by Crippen LogP contribution is -2.47. The minimum atomic E-state index is -0.952. The Labute approximate surface area is 209 Å². The number of rotatable bonds is 7. The van der Waals surface area contributed by atoms with Gasteiger partial charge in [-0.1, -0.05) is 6.07 Å². The molecule has 2 aromatic carbocycles. The Balaban J connectivity index is 1.35. The van der Waals surface area contributed by atoms with Gasteiger partial charge < -0.3 is 25.9 Å². The van der Waals surface area contributed by atoms with Gasteiger partial charge in [0.2, 0.25) is 0 Å². The van der Waals surface area contributed by atoms with Gasteiger partial charge in [0, 0.05) is 54.6 Å². The summed E-state index contributed by atoms with van der Waals surface area (Å²) in [7, 11) is 0. The first-order valence-electron chi connectivity index (χ1n) is 11.5. The Bertz CT molecular complexity index is 1260. The number of nitrogens with zero attached hydrogens (tertiary/aromatic N) is 3. The van der Waals surface area contributed by atoms with Crippen LogP contribution in [0.5, 0.6) is 0 Å². The maximum absolute atomic E-state index is 13.0. The van der Waals surface area contributed by atoms with Gasteiger partial charge in [-0.2, -0.15) is 0 Å². The SMILES string of the molecule is CC(=N)C(CC1(O)CCN(C(=O)c2ccc(NSc3cccc4nccnc34)cc2)CC1)=C(C)N. The van der Waals surface area contributed by atoms with Gasteiger partial charge in [-0.05, 0) is 80.6 Å². The van der Waals surface area contributed by atoms with Crippen LogP contribution in [0.4, 0.5) is 5.69 Å². The number of likely N-dealkylation sites (tertiary alicyclic amines) is 1. The number of nitrogens with one attached hydrogen (secondary N) is 2. The van der Waals surface area contributed by atoms with E-state index in [1.165, 1.54) is 11.9 Å². The first-order chi connectivity index (χ1) is 16.8. The molecule has 0 atom stereocenters. The second-order valence-electron chi connectivity index (χ2n) is 8.94. The number of para-hydroxylation sites is 1. The van der Waals surface area contributed by atoms with Crippen molar-refractivity contribution in [1.29, 1.82) is 5.41 Å². The van der Waals surface area contributed by atoms with Crippen molar-refractivity contribution in [1.82, 2.24) is 14.9 Å². The molecule has 3 aromatic rings. The third kappa shape index (κ3) is 5.80. The summed E-state index contributed by atoms with van der Waals surface area (Å²) in [5.41, 5.74) is 9.73. The molecule has 0 saturated carbocycles. The maximum Gasteiger partial charge on any atom is 0.253 e. The van der Waals surface area contributed by atoms with Crippen LogP contribution in [0.1, 0.15) is 43.5 Å². The van der Waals surface area contributed by atoms with Crippen LogP contribution in [0.25, 0.3) is 11.0 Å². The fourth-order valence-electron chi connectivity index (χ4n) is 4.23. The fraction of sp³-hybridized carbons (Fsp3) is 0.308. The molecule has 182 valence electrons. The average molecular weight is 491 g/mol. The van der Waals surface area contributed by atoms with Crippen LogP contribution in [-0.2, 0) is 0 Å². The van der Waals surface area contributed by atoms with E-state index < -0.39 is 5.60 Å². The van der Waals surface area contributed by atoms with E-state index in [1.54, 1.807) is 31.1 Å². The molecule has 0 bridgehead atoms. The summed E-state index contributed by atoms with van der Waals surface area (Å²) in [4.78, 5) is 24.5. The summed E-state index contributed by atoms with van der Waals surface area (Å²) in [6, 6.07) is 13.2. The van der Waals surface area contributed by atoms with Crippen LogP contribution in [0.3, 0.4) is 0 Å². The second-order valence-corrected chi connectivity index (χ2v) is 9.79. The van der Waals surface area contributed by atoms with E-state index in [4.69, 9.17) is 11.1 Å². The lowest BCUT2D eigenvalue weighted by Gasteiger charge is -2.39. The topological polar surface area (TPSA) is 128 Å². The molecule has 5 N–H and O–H groups in total. The average Bonchev–Trinajstić information content (AvgIpc) is 2.86. The Morgan fingerprint density at radius 3 is 2.49 bits per heavy atom. The van der Waals surface area contributed by atoms with Crippen LogP contribution >= 0.6 is 11.9 Å². The van der Waals surface area contributed by atoms with E-state index in [2.05, 4.69) is 14.7 Å². The molecule has 0 spiro atoms. The van der Waals surface area contributed by atoms with Gasteiger partial charge in [0.1, 0.15) is 5.52 Å². The highest BCUT2D eigenvalue weighted by Gasteiger charge is 2.35. The summed E-state index contributed by atoms with van der Waals surface area (Å²) < 4.78 is 3.30. The Hall–Kier alpha value is -3.43. The van der Waals surface area contributed by atoms with Gasteiger partial charge >= 0.3 is 0 Å². The summed E-state index contributed by atoms with van der Waals surface area (Å²) in [6.45, 7) is 4.35. The molecule has 4 rings (SSSR count). The van der Waals surface area contributed by atoms with Crippen LogP contribution in [0.2, 0.25) is 0 Å². The molecular formula is C26H30N6O2S. The molecule has 2 heterocycles. The number of aliphatic hydroxyl groups is 1. The van der Waals surface area contributed by atoms with Crippen molar-refractivity contribution in [3.63, 3.8) is 0 Å². The molecule has 1 fully saturated rings. The third-order valence-corrected chi connectivity index (χ3v) is 7.18. The van der Waals surface area contributed by atoms with Crippen molar-refractivity contribution in [2.45, 2.75) is 43.6 Å². The molecule has 1 saturated heterocycles. The van der Waals surface area contributed by atoms with Crippen molar-refractivity contribution >= 4 is 40.3 Å². The molecule has 0 radical (unpaired) electrons.